The molecule has 0 aliphatic carbocycles. The van der Waals surface area contributed by atoms with Crippen LogP contribution in [-0.2, 0) is 12.7 Å². The van der Waals surface area contributed by atoms with Crippen LogP contribution >= 0.6 is 0 Å². The monoisotopic (exact) mass is 333 g/mol. The number of benzene rings is 2. The van der Waals surface area contributed by atoms with Crippen molar-refractivity contribution in [1.29, 1.82) is 0 Å². The van der Waals surface area contributed by atoms with Gasteiger partial charge < -0.3 is 9.30 Å². The third-order valence-electron chi connectivity index (χ3n) is 3.63. The van der Waals surface area contributed by atoms with Gasteiger partial charge in [-0.2, -0.15) is 13.2 Å². The fourth-order valence-corrected chi connectivity index (χ4v) is 2.39. The van der Waals surface area contributed by atoms with E-state index in [9.17, 15) is 18.0 Å². The summed E-state index contributed by atoms with van der Waals surface area (Å²) < 4.78 is 44.6. The van der Waals surface area contributed by atoms with Gasteiger partial charge in [0.15, 0.2) is 0 Å². The van der Waals surface area contributed by atoms with Gasteiger partial charge in [0.2, 0.25) is 0 Å². The van der Waals surface area contributed by atoms with E-state index in [4.69, 9.17) is 4.74 Å². The molecule has 0 unspecified atom stereocenters. The molecule has 0 amide bonds. The van der Waals surface area contributed by atoms with E-state index in [2.05, 4.69) is 0 Å². The number of nitrogens with zero attached hydrogens (tertiary/aromatic N) is 1. The van der Waals surface area contributed by atoms with Crippen LogP contribution in [0.15, 0.2) is 65.6 Å². The number of halogens is 3. The second-order valence-corrected chi connectivity index (χ2v) is 5.30. The molecule has 0 radical (unpaired) electrons. The van der Waals surface area contributed by atoms with Gasteiger partial charge in [-0.3, -0.25) is 4.79 Å². The van der Waals surface area contributed by atoms with Crippen molar-refractivity contribution in [2.75, 3.05) is 6.61 Å². The molecule has 6 heteroatoms. The molecule has 3 rings (SSSR count). The lowest BCUT2D eigenvalue weighted by atomic mass is 10.1. The molecule has 0 spiro atoms. The third kappa shape index (κ3) is 3.59. The average Bonchev–Trinajstić information content (AvgIpc) is 2.55. The Morgan fingerprint density at radius 3 is 2.46 bits per heavy atom. The van der Waals surface area contributed by atoms with E-state index in [1.807, 2.05) is 36.4 Å². The molecule has 1 aromatic heterocycles. The van der Waals surface area contributed by atoms with E-state index < -0.39 is 17.3 Å². The van der Waals surface area contributed by atoms with Gasteiger partial charge in [0.1, 0.15) is 12.4 Å². The standard InChI is InChI=1S/C18H14F3NO2/c19-18(20,21)15-6-8-17(23)22(12-15)9-10-24-16-7-5-13-3-1-2-4-14(13)11-16/h1-8,11-12H,9-10H2. The van der Waals surface area contributed by atoms with Crippen molar-refractivity contribution in [3.05, 3.63) is 76.7 Å². The first-order valence-corrected chi connectivity index (χ1v) is 7.33. The highest BCUT2D eigenvalue weighted by Gasteiger charge is 2.30. The Morgan fingerprint density at radius 2 is 1.71 bits per heavy atom. The molecular weight excluding hydrogens is 319 g/mol. The molecule has 0 saturated carbocycles. The highest BCUT2D eigenvalue weighted by Crippen LogP contribution is 2.28. The minimum absolute atomic E-state index is 0.0373. The van der Waals surface area contributed by atoms with Crippen LogP contribution in [0.3, 0.4) is 0 Å². The second kappa shape index (κ2) is 6.39. The third-order valence-corrected chi connectivity index (χ3v) is 3.63. The Morgan fingerprint density at radius 1 is 0.958 bits per heavy atom. The molecule has 0 saturated heterocycles. The van der Waals surface area contributed by atoms with E-state index in [0.29, 0.717) is 5.75 Å². The Kier molecular flexibility index (Phi) is 4.29. The summed E-state index contributed by atoms with van der Waals surface area (Å²) in [7, 11) is 0. The first-order chi connectivity index (χ1) is 11.4. The van der Waals surface area contributed by atoms with Crippen LogP contribution in [0.25, 0.3) is 10.8 Å². The first-order valence-electron chi connectivity index (χ1n) is 7.33. The average molecular weight is 333 g/mol. The van der Waals surface area contributed by atoms with Crippen molar-refractivity contribution in [1.82, 2.24) is 4.57 Å². The Balaban J connectivity index is 1.70. The Labute approximate surface area is 135 Å². The summed E-state index contributed by atoms with van der Waals surface area (Å²) in [5.41, 5.74) is -1.35. The Hall–Kier alpha value is -2.76. The summed E-state index contributed by atoms with van der Waals surface area (Å²) in [6, 6.07) is 15.0. The highest BCUT2D eigenvalue weighted by atomic mass is 19.4. The van der Waals surface area contributed by atoms with Crippen molar-refractivity contribution in [2.45, 2.75) is 12.7 Å². The molecule has 3 nitrogen and oxygen atoms in total. The fraction of sp³-hybridized carbons (Fsp3) is 0.167. The molecule has 1 heterocycles. The second-order valence-electron chi connectivity index (χ2n) is 5.30. The molecule has 3 aromatic rings. The molecule has 0 aliphatic rings. The molecule has 0 fully saturated rings. The lowest BCUT2D eigenvalue weighted by molar-refractivity contribution is -0.138. The summed E-state index contributed by atoms with van der Waals surface area (Å²) in [6.45, 7) is 0.134. The van der Waals surface area contributed by atoms with Gasteiger partial charge in [-0.25, -0.2) is 0 Å². The zero-order valence-electron chi connectivity index (χ0n) is 12.6. The number of aromatic nitrogens is 1. The van der Waals surface area contributed by atoms with Gasteiger partial charge in [-0.1, -0.05) is 30.3 Å². The van der Waals surface area contributed by atoms with Crippen molar-refractivity contribution in [3.63, 3.8) is 0 Å². The van der Waals surface area contributed by atoms with Crippen LogP contribution in [0.4, 0.5) is 13.2 Å². The van der Waals surface area contributed by atoms with Gasteiger partial charge in [0.05, 0.1) is 12.1 Å². The SMILES string of the molecule is O=c1ccc(C(F)(F)F)cn1CCOc1ccc2ccccc2c1. The fourth-order valence-electron chi connectivity index (χ4n) is 2.39. The van der Waals surface area contributed by atoms with Crippen LogP contribution in [0.5, 0.6) is 5.75 Å². The number of fused-ring (bicyclic) bond motifs is 1. The summed E-state index contributed by atoms with van der Waals surface area (Å²) >= 11 is 0. The zero-order chi connectivity index (χ0) is 17.2. The molecule has 0 N–H and O–H groups in total. The van der Waals surface area contributed by atoms with E-state index in [1.54, 1.807) is 6.07 Å². The minimum atomic E-state index is -4.48. The maximum Gasteiger partial charge on any atom is 0.417 e. The van der Waals surface area contributed by atoms with Gasteiger partial charge in [0, 0.05) is 12.3 Å². The summed E-state index contributed by atoms with van der Waals surface area (Å²) in [5.74, 6) is 0.605. The summed E-state index contributed by atoms with van der Waals surface area (Å²) in [4.78, 5) is 11.7. The maximum atomic E-state index is 12.7. The lowest BCUT2D eigenvalue weighted by Crippen LogP contribution is -2.24. The van der Waals surface area contributed by atoms with Crippen LogP contribution in [0.2, 0.25) is 0 Å². The van der Waals surface area contributed by atoms with Gasteiger partial charge in [-0.15, -0.1) is 0 Å². The topological polar surface area (TPSA) is 31.2 Å². The predicted molar refractivity (Wildman–Crippen MR) is 85.1 cm³/mol. The van der Waals surface area contributed by atoms with Crippen LogP contribution in [-0.4, -0.2) is 11.2 Å². The highest BCUT2D eigenvalue weighted by molar-refractivity contribution is 5.83. The van der Waals surface area contributed by atoms with Crippen LogP contribution in [0, 0.1) is 0 Å². The van der Waals surface area contributed by atoms with Gasteiger partial charge in [-0.05, 0) is 29.0 Å². The maximum absolute atomic E-state index is 12.7. The zero-order valence-corrected chi connectivity index (χ0v) is 12.6. The normalized spacial score (nSPS) is 11.6. The van der Waals surface area contributed by atoms with E-state index in [0.717, 1.165) is 33.7 Å². The minimum Gasteiger partial charge on any atom is -0.492 e. The van der Waals surface area contributed by atoms with Crippen LogP contribution in [0.1, 0.15) is 5.56 Å². The van der Waals surface area contributed by atoms with Crippen LogP contribution < -0.4 is 10.3 Å². The smallest absolute Gasteiger partial charge is 0.417 e. The molecule has 24 heavy (non-hydrogen) atoms. The van der Waals surface area contributed by atoms with E-state index in [-0.39, 0.29) is 13.2 Å². The van der Waals surface area contributed by atoms with Crippen molar-refractivity contribution in [2.24, 2.45) is 0 Å². The molecule has 0 aliphatic heterocycles. The quantitative estimate of drug-likeness (QED) is 0.720. The predicted octanol–water partition coefficient (Wildman–Crippen LogP) is 4.10. The Bertz CT molecular complexity index is 916. The van der Waals surface area contributed by atoms with Gasteiger partial charge in [0.25, 0.3) is 5.56 Å². The number of hydrogen-bond donors (Lipinski definition) is 0. The number of rotatable bonds is 4. The number of alkyl halides is 3. The summed E-state index contributed by atoms with van der Waals surface area (Å²) in [6.07, 6.45) is -3.67. The van der Waals surface area contributed by atoms with Crippen molar-refractivity contribution < 1.29 is 17.9 Å². The lowest BCUT2D eigenvalue weighted by Gasteiger charge is -2.12. The number of pyridine rings is 1. The molecule has 0 bridgehead atoms. The first kappa shape index (κ1) is 16.1. The van der Waals surface area contributed by atoms with E-state index >= 15 is 0 Å². The molecule has 124 valence electrons. The van der Waals surface area contributed by atoms with Crippen molar-refractivity contribution >= 4 is 10.8 Å². The molecular formula is C18H14F3NO2. The van der Waals surface area contributed by atoms with Gasteiger partial charge >= 0.3 is 6.18 Å². The van der Waals surface area contributed by atoms with Crippen molar-refractivity contribution in [3.8, 4) is 5.75 Å². The summed E-state index contributed by atoms with van der Waals surface area (Å²) in [5, 5.41) is 2.07. The number of ether oxygens (including phenoxy) is 1. The largest absolute Gasteiger partial charge is 0.492 e. The molecule has 2 aromatic carbocycles. The number of hydrogen-bond acceptors (Lipinski definition) is 2. The van der Waals surface area contributed by atoms with E-state index in [1.165, 1.54) is 0 Å². The molecule has 0 atom stereocenters.